The summed E-state index contributed by atoms with van der Waals surface area (Å²) in [6, 6.07) is 15.8. The first kappa shape index (κ1) is 27.9. The molecule has 3 atom stereocenters. The molecule has 0 spiro atoms. The third-order valence-electron chi connectivity index (χ3n) is 8.07. The highest BCUT2D eigenvalue weighted by atomic mass is 19.4. The molecule has 2 aliphatic heterocycles. The molecule has 1 saturated heterocycles. The van der Waals surface area contributed by atoms with Crippen molar-refractivity contribution in [2.75, 3.05) is 18.5 Å². The Kier molecular flexibility index (Phi) is 7.22. The van der Waals surface area contributed by atoms with Gasteiger partial charge in [-0.3, -0.25) is 9.36 Å². The standard InChI is InChI=1S/C31H30F3N3O5/c1-17-19(15-35-20-8-10-22-23(18(2)30(38)39)16-41-28(22)13-20)5-3-6-25(17)37-26-11-9-21(42-31(32,33)34)14-24(26)36-29(37)27-7-4-12-40-27/h3,5-6,8-11,13-14,18,23,27,35H,4,7,12,15-16H2,1-2H3,(H,38,39)/t18?,23-,27+/m0/s1. The highest BCUT2D eigenvalue weighted by Gasteiger charge is 2.34. The lowest BCUT2D eigenvalue weighted by atomic mass is 9.89. The second-order valence-corrected chi connectivity index (χ2v) is 10.7. The van der Waals surface area contributed by atoms with Crippen molar-refractivity contribution in [3.05, 3.63) is 77.1 Å². The summed E-state index contributed by atoms with van der Waals surface area (Å²) in [5.41, 5.74) is 5.63. The van der Waals surface area contributed by atoms with Gasteiger partial charge in [0, 0.05) is 42.5 Å². The average molecular weight is 582 g/mol. The molecule has 1 unspecified atom stereocenters. The highest BCUT2D eigenvalue weighted by Crippen LogP contribution is 2.40. The molecule has 8 nitrogen and oxygen atoms in total. The van der Waals surface area contributed by atoms with Crippen LogP contribution in [-0.4, -0.2) is 40.2 Å². The molecule has 11 heteroatoms. The topological polar surface area (TPSA) is 94.8 Å². The van der Waals surface area contributed by atoms with Crippen molar-refractivity contribution in [2.24, 2.45) is 5.92 Å². The first-order chi connectivity index (χ1) is 20.1. The second kappa shape index (κ2) is 10.9. The molecular formula is C31H30F3N3O5. The van der Waals surface area contributed by atoms with Crippen molar-refractivity contribution < 1.29 is 37.3 Å². The number of rotatable bonds is 8. The van der Waals surface area contributed by atoms with E-state index < -0.39 is 18.2 Å². The molecule has 6 rings (SSSR count). The van der Waals surface area contributed by atoms with Gasteiger partial charge in [0.05, 0.1) is 29.2 Å². The summed E-state index contributed by atoms with van der Waals surface area (Å²) in [7, 11) is 0. The molecule has 3 heterocycles. The third-order valence-corrected chi connectivity index (χ3v) is 8.07. The number of halogens is 3. The summed E-state index contributed by atoms with van der Waals surface area (Å²) in [6.45, 7) is 5.13. The van der Waals surface area contributed by atoms with Gasteiger partial charge in [-0.25, -0.2) is 4.98 Å². The Morgan fingerprint density at radius 2 is 2.05 bits per heavy atom. The molecule has 42 heavy (non-hydrogen) atoms. The van der Waals surface area contributed by atoms with Gasteiger partial charge >= 0.3 is 12.3 Å². The van der Waals surface area contributed by atoms with E-state index in [1.165, 1.54) is 12.1 Å². The lowest BCUT2D eigenvalue weighted by Gasteiger charge is -2.18. The monoisotopic (exact) mass is 581 g/mol. The Morgan fingerprint density at radius 3 is 2.79 bits per heavy atom. The number of benzene rings is 3. The van der Waals surface area contributed by atoms with E-state index in [2.05, 4.69) is 10.1 Å². The number of aliphatic carboxylic acids is 1. The van der Waals surface area contributed by atoms with E-state index in [9.17, 15) is 23.1 Å². The highest BCUT2D eigenvalue weighted by molar-refractivity contribution is 5.80. The van der Waals surface area contributed by atoms with E-state index in [0.29, 0.717) is 42.4 Å². The molecule has 3 aromatic carbocycles. The molecule has 0 radical (unpaired) electrons. The number of hydrogen-bond acceptors (Lipinski definition) is 6. The maximum Gasteiger partial charge on any atom is 0.573 e. The average Bonchev–Trinajstić information content (AvgIpc) is 3.69. The summed E-state index contributed by atoms with van der Waals surface area (Å²) >= 11 is 0. The summed E-state index contributed by atoms with van der Waals surface area (Å²) in [4.78, 5) is 16.2. The largest absolute Gasteiger partial charge is 0.573 e. The Morgan fingerprint density at radius 1 is 1.21 bits per heavy atom. The van der Waals surface area contributed by atoms with E-state index in [0.717, 1.165) is 40.9 Å². The first-order valence-electron chi connectivity index (χ1n) is 13.8. The van der Waals surface area contributed by atoms with Crippen LogP contribution < -0.4 is 14.8 Å². The molecule has 1 fully saturated rings. The van der Waals surface area contributed by atoms with E-state index >= 15 is 0 Å². The number of carboxylic acid groups (broad SMARTS) is 1. The Balaban J connectivity index is 1.30. The summed E-state index contributed by atoms with van der Waals surface area (Å²) < 4.78 is 56.5. The zero-order chi connectivity index (χ0) is 29.6. The Hall–Kier alpha value is -4.25. The minimum Gasteiger partial charge on any atom is -0.493 e. The van der Waals surface area contributed by atoms with Crippen LogP contribution in [0.25, 0.3) is 16.7 Å². The van der Waals surface area contributed by atoms with Crippen LogP contribution >= 0.6 is 0 Å². The van der Waals surface area contributed by atoms with Crippen molar-refractivity contribution >= 4 is 22.7 Å². The van der Waals surface area contributed by atoms with Crippen molar-refractivity contribution in [2.45, 2.75) is 51.6 Å². The molecule has 0 amide bonds. The summed E-state index contributed by atoms with van der Waals surface area (Å²) in [6.07, 6.45) is -3.43. The zero-order valence-electron chi connectivity index (χ0n) is 23.1. The molecule has 220 valence electrons. The number of alkyl halides is 3. The SMILES string of the molecule is Cc1c(CNc2ccc3c(c2)OC[C@H]3C(C)C(=O)O)cccc1-n1c([C@H]2CCCO2)nc2cc(OC(F)(F)F)ccc21. The van der Waals surface area contributed by atoms with Crippen LogP contribution in [0.1, 0.15) is 54.3 Å². The van der Waals surface area contributed by atoms with Gasteiger partial charge in [-0.15, -0.1) is 13.2 Å². The smallest absolute Gasteiger partial charge is 0.493 e. The van der Waals surface area contributed by atoms with Crippen molar-refractivity contribution in [1.29, 1.82) is 0 Å². The van der Waals surface area contributed by atoms with Crippen LogP contribution in [0, 0.1) is 12.8 Å². The minimum atomic E-state index is -4.80. The number of anilines is 1. The van der Waals surface area contributed by atoms with Crippen molar-refractivity contribution in [3.8, 4) is 17.2 Å². The van der Waals surface area contributed by atoms with Gasteiger partial charge in [-0.2, -0.15) is 0 Å². The number of fused-ring (bicyclic) bond motifs is 2. The van der Waals surface area contributed by atoms with E-state index in [1.807, 2.05) is 47.9 Å². The number of hydrogen-bond donors (Lipinski definition) is 2. The summed E-state index contributed by atoms with van der Waals surface area (Å²) in [5.74, 6) is -0.584. The molecule has 2 N–H and O–H groups in total. The van der Waals surface area contributed by atoms with Gasteiger partial charge in [-0.1, -0.05) is 25.1 Å². The Bertz CT molecular complexity index is 1650. The number of aromatic nitrogens is 2. The van der Waals surface area contributed by atoms with Crippen LogP contribution in [0.15, 0.2) is 54.6 Å². The van der Waals surface area contributed by atoms with Gasteiger partial charge in [-0.05, 0) is 55.2 Å². The molecular weight excluding hydrogens is 551 g/mol. The second-order valence-electron chi connectivity index (χ2n) is 10.7. The zero-order valence-corrected chi connectivity index (χ0v) is 23.1. The number of nitrogens with zero attached hydrogens (tertiary/aromatic N) is 2. The van der Waals surface area contributed by atoms with Crippen LogP contribution in [-0.2, 0) is 16.1 Å². The number of imidazole rings is 1. The van der Waals surface area contributed by atoms with Crippen LogP contribution in [0.4, 0.5) is 18.9 Å². The van der Waals surface area contributed by atoms with Crippen molar-refractivity contribution in [3.63, 3.8) is 0 Å². The van der Waals surface area contributed by atoms with Gasteiger partial charge < -0.3 is 24.6 Å². The van der Waals surface area contributed by atoms with Crippen LogP contribution in [0.3, 0.4) is 0 Å². The predicted molar refractivity (Wildman–Crippen MR) is 149 cm³/mol. The maximum absolute atomic E-state index is 12.9. The van der Waals surface area contributed by atoms with E-state index in [1.54, 1.807) is 13.0 Å². The summed E-state index contributed by atoms with van der Waals surface area (Å²) in [5, 5.41) is 12.9. The van der Waals surface area contributed by atoms with Gasteiger partial charge in [0.1, 0.15) is 23.4 Å². The van der Waals surface area contributed by atoms with E-state index in [-0.39, 0.29) is 17.8 Å². The minimum absolute atomic E-state index is 0.190. The number of nitrogens with one attached hydrogen (secondary N) is 1. The van der Waals surface area contributed by atoms with E-state index in [4.69, 9.17) is 14.5 Å². The third kappa shape index (κ3) is 5.36. The fraction of sp³-hybridized carbons (Fsp3) is 0.355. The fourth-order valence-corrected chi connectivity index (χ4v) is 5.76. The molecule has 1 aromatic heterocycles. The number of ether oxygens (including phenoxy) is 3. The number of carboxylic acids is 1. The van der Waals surface area contributed by atoms with Crippen LogP contribution in [0.2, 0.25) is 0 Å². The predicted octanol–water partition coefficient (Wildman–Crippen LogP) is 6.89. The van der Waals surface area contributed by atoms with Gasteiger partial charge in [0.15, 0.2) is 0 Å². The van der Waals surface area contributed by atoms with Crippen LogP contribution in [0.5, 0.6) is 11.5 Å². The maximum atomic E-state index is 12.9. The fourth-order valence-electron chi connectivity index (χ4n) is 5.76. The lowest BCUT2D eigenvalue weighted by Crippen LogP contribution is -2.19. The molecule has 0 bridgehead atoms. The molecule has 4 aromatic rings. The van der Waals surface area contributed by atoms with Gasteiger partial charge in [0.2, 0.25) is 0 Å². The normalized spacial score (nSPS) is 19.0. The molecule has 0 aliphatic carbocycles. The Labute approximate surface area is 240 Å². The molecule has 0 saturated carbocycles. The van der Waals surface area contributed by atoms with Crippen molar-refractivity contribution in [1.82, 2.24) is 9.55 Å². The lowest BCUT2D eigenvalue weighted by molar-refractivity contribution is -0.274. The first-order valence-corrected chi connectivity index (χ1v) is 13.8. The number of carbonyl (C=O) groups is 1. The quantitative estimate of drug-likeness (QED) is 0.234. The molecule has 2 aliphatic rings. The van der Waals surface area contributed by atoms with Gasteiger partial charge in [0.25, 0.3) is 0 Å².